The zero-order valence-corrected chi connectivity index (χ0v) is 9.83. The second-order valence-corrected chi connectivity index (χ2v) is 4.23. The number of halogens is 6. The summed E-state index contributed by atoms with van der Waals surface area (Å²) in [7, 11) is 0. The van der Waals surface area contributed by atoms with Crippen molar-refractivity contribution < 1.29 is 27.1 Å². The first kappa shape index (κ1) is 14.2. The molecule has 0 spiro atoms. The van der Waals surface area contributed by atoms with Crippen LogP contribution in [0.2, 0.25) is 0 Å². The number of ether oxygens (including phenoxy) is 1. The minimum atomic E-state index is -5.20. The van der Waals surface area contributed by atoms with E-state index in [1.54, 1.807) is 0 Å². The molecule has 0 radical (unpaired) electrons. The monoisotopic (exact) mass is 344 g/mol. The summed E-state index contributed by atoms with van der Waals surface area (Å²) >= 11 is 5.96. The molecule has 0 fully saturated rings. The molecule has 2 unspecified atom stereocenters. The summed E-state index contributed by atoms with van der Waals surface area (Å²) in [6, 6.07) is 0. The highest BCUT2D eigenvalue weighted by atomic mass is 79.9. The molecule has 0 rings (SSSR count). The molecule has 0 amide bonds. The molecule has 2 nitrogen and oxygen atoms in total. The lowest BCUT2D eigenvalue weighted by molar-refractivity contribution is -0.200. The summed E-state index contributed by atoms with van der Waals surface area (Å²) in [5.41, 5.74) is 0. The highest BCUT2D eigenvalue weighted by molar-refractivity contribution is 9.12. The fraction of sp³-hybridized carbons (Fsp3) is 0.833. The first-order valence-corrected chi connectivity index (χ1v) is 5.40. The summed E-state index contributed by atoms with van der Waals surface area (Å²) in [6.07, 6.45) is -8.77. The van der Waals surface area contributed by atoms with Crippen molar-refractivity contribution in [2.75, 3.05) is 11.9 Å². The van der Waals surface area contributed by atoms with Gasteiger partial charge in [-0.25, -0.2) is 9.18 Å². The Bertz CT molecular complexity index is 197. The molecule has 0 aliphatic heterocycles. The van der Waals surface area contributed by atoms with Gasteiger partial charge in [-0.15, -0.1) is 0 Å². The fourth-order valence-electron chi connectivity index (χ4n) is 0.424. The number of alkyl halides is 6. The SMILES string of the molecule is O=C(OCC(Br)CBr)C(F)C(F)(F)F. The van der Waals surface area contributed by atoms with E-state index in [2.05, 4.69) is 36.6 Å². The normalized spacial score (nSPS) is 16.1. The fourth-order valence-corrected chi connectivity index (χ4v) is 0.743. The third kappa shape index (κ3) is 5.14. The lowest BCUT2D eigenvalue weighted by atomic mass is 10.4. The van der Waals surface area contributed by atoms with Crippen LogP contribution < -0.4 is 0 Å². The number of carbonyl (C=O) groups is 1. The topological polar surface area (TPSA) is 26.3 Å². The zero-order chi connectivity index (χ0) is 11.4. The predicted octanol–water partition coefficient (Wildman–Crippen LogP) is 2.59. The lowest BCUT2D eigenvalue weighted by Gasteiger charge is -2.12. The van der Waals surface area contributed by atoms with Crippen LogP contribution in [0.4, 0.5) is 17.6 Å². The van der Waals surface area contributed by atoms with Gasteiger partial charge in [0.15, 0.2) is 0 Å². The second-order valence-electron chi connectivity index (χ2n) is 2.29. The Labute approximate surface area is 94.2 Å². The molecule has 0 aromatic carbocycles. The molecule has 0 bridgehead atoms. The van der Waals surface area contributed by atoms with Crippen LogP contribution in [0.1, 0.15) is 0 Å². The molecule has 2 atom stereocenters. The maximum Gasteiger partial charge on any atom is 0.430 e. The molecule has 0 aliphatic carbocycles. The van der Waals surface area contributed by atoms with Crippen molar-refractivity contribution in [2.24, 2.45) is 0 Å². The van der Waals surface area contributed by atoms with Crippen molar-refractivity contribution >= 4 is 37.8 Å². The van der Waals surface area contributed by atoms with Gasteiger partial charge in [0.1, 0.15) is 6.61 Å². The summed E-state index contributed by atoms with van der Waals surface area (Å²) in [6.45, 7) is -0.319. The van der Waals surface area contributed by atoms with Gasteiger partial charge < -0.3 is 4.74 Å². The molecule has 0 heterocycles. The second kappa shape index (κ2) is 5.89. The van der Waals surface area contributed by atoms with E-state index >= 15 is 0 Å². The molecular formula is C6H6Br2F4O2. The van der Waals surface area contributed by atoms with Gasteiger partial charge in [0.2, 0.25) is 0 Å². The third-order valence-corrected chi connectivity index (χ3v) is 3.31. The Morgan fingerprint density at radius 2 is 1.93 bits per heavy atom. The number of carbonyl (C=O) groups excluding carboxylic acids is 1. The van der Waals surface area contributed by atoms with Crippen LogP contribution in [0.15, 0.2) is 0 Å². The van der Waals surface area contributed by atoms with E-state index in [9.17, 15) is 22.4 Å². The van der Waals surface area contributed by atoms with Gasteiger partial charge in [0, 0.05) is 5.33 Å². The Balaban J connectivity index is 3.97. The summed E-state index contributed by atoms with van der Waals surface area (Å²) < 4.78 is 51.1. The molecule has 0 N–H and O–H groups in total. The molecule has 0 saturated heterocycles. The van der Waals surface area contributed by atoms with Crippen LogP contribution >= 0.6 is 31.9 Å². The van der Waals surface area contributed by atoms with Crippen molar-refractivity contribution in [3.8, 4) is 0 Å². The van der Waals surface area contributed by atoms with Crippen LogP contribution in [0, 0.1) is 0 Å². The highest BCUT2D eigenvalue weighted by Gasteiger charge is 2.46. The van der Waals surface area contributed by atoms with Gasteiger partial charge in [0.25, 0.3) is 6.17 Å². The van der Waals surface area contributed by atoms with E-state index in [0.29, 0.717) is 5.33 Å². The predicted molar refractivity (Wildman–Crippen MR) is 48.4 cm³/mol. The Morgan fingerprint density at radius 3 is 2.29 bits per heavy atom. The van der Waals surface area contributed by atoms with E-state index in [-0.39, 0.29) is 11.4 Å². The summed E-state index contributed by atoms with van der Waals surface area (Å²) in [4.78, 5) is 10.1. The average molecular weight is 346 g/mol. The molecule has 14 heavy (non-hydrogen) atoms. The Hall–Kier alpha value is 0.150. The van der Waals surface area contributed by atoms with Crippen LogP contribution in [0.25, 0.3) is 0 Å². The first-order chi connectivity index (χ1) is 6.29. The number of esters is 1. The van der Waals surface area contributed by atoms with Crippen LogP contribution in [0.3, 0.4) is 0 Å². The summed E-state index contributed by atoms with van der Waals surface area (Å²) in [5, 5.41) is 0.378. The molecule has 0 aliphatic rings. The third-order valence-electron chi connectivity index (χ3n) is 1.07. The van der Waals surface area contributed by atoms with Gasteiger partial charge in [0.05, 0.1) is 4.83 Å². The van der Waals surface area contributed by atoms with Crippen molar-refractivity contribution in [1.82, 2.24) is 0 Å². The van der Waals surface area contributed by atoms with E-state index in [0.717, 1.165) is 0 Å². The summed E-state index contributed by atoms with van der Waals surface area (Å²) in [5.74, 6) is -1.91. The van der Waals surface area contributed by atoms with Gasteiger partial charge in [-0.3, -0.25) is 0 Å². The van der Waals surface area contributed by atoms with E-state index in [1.165, 1.54) is 0 Å². The Morgan fingerprint density at radius 1 is 1.43 bits per heavy atom. The number of hydrogen-bond acceptors (Lipinski definition) is 2. The van der Waals surface area contributed by atoms with Gasteiger partial charge >= 0.3 is 12.1 Å². The molecular weight excluding hydrogens is 340 g/mol. The number of rotatable bonds is 4. The van der Waals surface area contributed by atoms with Crippen LogP contribution in [-0.4, -0.2) is 35.1 Å². The largest absolute Gasteiger partial charge is 0.462 e. The van der Waals surface area contributed by atoms with Gasteiger partial charge in [-0.2, -0.15) is 13.2 Å². The maximum atomic E-state index is 12.2. The maximum absolute atomic E-state index is 12.2. The first-order valence-electron chi connectivity index (χ1n) is 3.36. The van der Waals surface area contributed by atoms with Crippen LogP contribution in [-0.2, 0) is 9.53 Å². The number of hydrogen-bond donors (Lipinski definition) is 0. The lowest BCUT2D eigenvalue weighted by Crippen LogP contribution is -2.35. The standard InChI is InChI=1S/C6H6Br2F4O2/c7-1-3(8)2-14-5(13)4(9)6(10,11)12/h3-4H,1-2H2. The minimum absolute atomic E-state index is 0.319. The van der Waals surface area contributed by atoms with Crippen molar-refractivity contribution in [3.63, 3.8) is 0 Å². The molecule has 0 aromatic heterocycles. The van der Waals surface area contributed by atoms with Gasteiger partial charge in [-0.05, 0) is 0 Å². The van der Waals surface area contributed by atoms with E-state index in [4.69, 9.17) is 0 Å². The van der Waals surface area contributed by atoms with Crippen LogP contribution in [0.5, 0.6) is 0 Å². The minimum Gasteiger partial charge on any atom is -0.462 e. The Kier molecular flexibility index (Phi) is 5.96. The highest BCUT2D eigenvalue weighted by Crippen LogP contribution is 2.24. The van der Waals surface area contributed by atoms with Crippen molar-refractivity contribution in [1.29, 1.82) is 0 Å². The molecule has 8 heteroatoms. The molecule has 0 saturated carbocycles. The molecule has 84 valence electrons. The van der Waals surface area contributed by atoms with Crippen molar-refractivity contribution in [2.45, 2.75) is 17.2 Å². The van der Waals surface area contributed by atoms with E-state index < -0.39 is 18.3 Å². The molecule has 0 aromatic rings. The van der Waals surface area contributed by atoms with Crippen molar-refractivity contribution in [3.05, 3.63) is 0 Å². The van der Waals surface area contributed by atoms with E-state index in [1.807, 2.05) is 0 Å². The average Bonchev–Trinajstić information content (AvgIpc) is 2.10. The van der Waals surface area contributed by atoms with Gasteiger partial charge in [-0.1, -0.05) is 31.9 Å². The zero-order valence-electron chi connectivity index (χ0n) is 6.65. The smallest absolute Gasteiger partial charge is 0.430 e. The quantitative estimate of drug-likeness (QED) is 0.445.